The lowest BCUT2D eigenvalue weighted by atomic mass is 9.82. The number of hydrogen-bond acceptors (Lipinski definition) is 4. The molecular weight excluding hydrogens is 654 g/mol. The van der Waals surface area contributed by atoms with Gasteiger partial charge in [-0.05, 0) is 55.8 Å². The number of hydrogen-bond donors (Lipinski definition) is 0. The van der Waals surface area contributed by atoms with Crippen molar-refractivity contribution in [3.8, 4) is 0 Å². The molecule has 0 aliphatic heterocycles. The first-order valence-corrected chi connectivity index (χ1v) is 11.4. The van der Waals surface area contributed by atoms with Gasteiger partial charge < -0.3 is 18.9 Å². The van der Waals surface area contributed by atoms with Gasteiger partial charge in [0.25, 0.3) is 11.2 Å². The smallest absolute Gasteiger partial charge is 0.359 e. The predicted molar refractivity (Wildman–Crippen MR) is 114 cm³/mol. The van der Waals surface area contributed by atoms with Gasteiger partial charge in [0, 0.05) is 25.3 Å². The first-order chi connectivity index (χ1) is 16.2. The quantitative estimate of drug-likeness (QED) is 0.128. The highest BCUT2D eigenvalue weighted by Gasteiger charge is 2.74. The fraction of sp³-hybridized carbons (Fsp3) is 0.700. The second-order valence-corrected chi connectivity index (χ2v) is 9.60. The van der Waals surface area contributed by atoms with Crippen LogP contribution in [0.15, 0.2) is 18.2 Å². The highest BCUT2D eigenvalue weighted by atomic mass is 79.9. The summed E-state index contributed by atoms with van der Waals surface area (Å²) in [6.07, 6.45) is -11.9. The Kier molecular flexibility index (Phi) is 10.7. The second kappa shape index (κ2) is 11.6. The summed E-state index contributed by atoms with van der Waals surface area (Å²) in [6, 6.07) is 0.919. The summed E-state index contributed by atoms with van der Waals surface area (Å²) in [5.74, 6) is -0.863. The number of halogens is 12. The Morgan fingerprint density at radius 1 is 0.694 bits per heavy atom. The summed E-state index contributed by atoms with van der Waals surface area (Å²) in [6.45, 7) is 0.0651. The average molecular weight is 676 g/mol. The van der Waals surface area contributed by atoms with E-state index in [4.69, 9.17) is 0 Å². The summed E-state index contributed by atoms with van der Waals surface area (Å²) < 4.78 is 162. The lowest BCUT2D eigenvalue weighted by Gasteiger charge is -2.42. The van der Waals surface area contributed by atoms with E-state index in [0.717, 1.165) is 14.2 Å². The van der Waals surface area contributed by atoms with E-state index in [1.165, 1.54) is 13.8 Å². The minimum Gasteiger partial charge on any atom is -0.359 e. The van der Waals surface area contributed by atoms with Crippen molar-refractivity contribution < 1.29 is 62.9 Å². The van der Waals surface area contributed by atoms with Gasteiger partial charge in [0.2, 0.25) is 0 Å². The number of ether oxygens (including phenoxy) is 4. The SMILES string of the molecule is CCC(C)c1cc(C(OCOC)(C(F)(F)F)C(F)(F)Br)cc(C(OCOC)(C(F)(F)F)C(F)(F)Br)c1. The molecule has 0 aliphatic rings. The highest BCUT2D eigenvalue weighted by Crippen LogP contribution is 2.59. The molecule has 0 amide bonds. The summed E-state index contributed by atoms with van der Waals surface area (Å²) in [5, 5.41) is 0. The number of alkyl halides is 12. The van der Waals surface area contributed by atoms with Crippen LogP contribution in [-0.2, 0) is 30.1 Å². The Morgan fingerprint density at radius 2 is 1.03 bits per heavy atom. The van der Waals surface area contributed by atoms with Crippen molar-refractivity contribution in [2.45, 2.75) is 59.4 Å². The number of benzene rings is 1. The van der Waals surface area contributed by atoms with Crippen LogP contribution in [0.1, 0.15) is 42.9 Å². The zero-order valence-corrected chi connectivity index (χ0v) is 22.3. The third-order valence-electron chi connectivity index (χ3n) is 5.33. The van der Waals surface area contributed by atoms with Crippen molar-refractivity contribution in [2.75, 3.05) is 27.8 Å². The molecule has 0 N–H and O–H groups in total. The molecule has 3 atom stereocenters. The molecule has 1 aromatic carbocycles. The Balaban J connectivity index is 4.35. The van der Waals surface area contributed by atoms with Crippen LogP contribution in [0.3, 0.4) is 0 Å². The van der Waals surface area contributed by atoms with E-state index in [1.807, 2.05) is 0 Å². The van der Waals surface area contributed by atoms with E-state index in [-0.39, 0.29) is 12.5 Å². The molecule has 0 aromatic heterocycles. The molecule has 3 unspecified atom stereocenters. The minimum absolute atomic E-state index is 0.0915. The molecule has 0 radical (unpaired) electrons. The van der Waals surface area contributed by atoms with E-state index in [1.54, 1.807) is 31.9 Å². The second-order valence-electron chi connectivity index (χ2n) is 7.61. The molecule has 16 heteroatoms. The van der Waals surface area contributed by atoms with E-state index in [9.17, 15) is 43.9 Å². The molecule has 0 bridgehead atoms. The first kappa shape index (κ1) is 33.3. The fourth-order valence-electron chi connectivity index (χ4n) is 3.34. The van der Waals surface area contributed by atoms with Gasteiger partial charge in [-0.15, -0.1) is 0 Å². The van der Waals surface area contributed by atoms with Gasteiger partial charge in [0.15, 0.2) is 0 Å². The van der Waals surface area contributed by atoms with Crippen molar-refractivity contribution in [1.29, 1.82) is 0 Å². The van der Waals surface area contributed by atoms with Gasteiger partial charge in [-0.2, -0.15) is 43.9 Å². The number of rotatable bonds is 12. The van der Waals surface area contributed by atoms with E-state index < -0.39 is 69.4 Å². The predicted octanol–water partition coefficient (Wildman–Crippen LogP) is 7.93. The highest BCUT2D eigenvalue weighted by molar-refractivity contribution is 9.10. The van der Waals surface area contributed by atoms with Crippen molar-refractivity contribution in [2.24, 2.45) is 0 Å². The van der Waals surface area contributed by atoms with Gasteiger partial charge >= 0.3 is 22.0 Å². The Morgan fingerprint density at radius 3 is 1.25 bits per heavy atom. The standard InChI is InChI=1S/C20H22Br2F10O4/c1-5-11(2)12-6-13(15(17(21,23)24,19(27,28)29)35-9-33-3)8-14(7-12)16(18(22,25)26,20(30,31)32)36-10-34-4/h6-8,11H,5,9-10H2,1-4H3. The first-order valence-electron chi connectivity index (χ1n) is 9.86. The topological polar surface area (TPSA) is 36.9 Å². The maximum absolute atomic E-state index is 14.6. The lowest BCUT2D eigenvalue weighted by molar-refractivity contribution is -0.348. The zero-order chi connectivity index (χ0) is 28.4. The van der Waals surface area contributed by atoms with E-state index >= 15 is 0 Å². The normalized spacial score (nSPS) is 18.0. The molecule has 1 rings (SSSR count). The van der Waals surface area contributed by atoms with Gasteiger partial charge in [0.05, 0.1) is 0 Å². The van der Waals surface area contributed by atoms with Crippen LogP contribution in [0.4, 0.5) is 43.9 Å². The molecule has 0 aliphatic carbocycles. The van der Waals surface area contributed by atoms with Crippen LogP contribution >= 0.6 is 31.9 Å². The molecule has 0 fully saturated rings. The van der Waals surface area contributed by atoms with Crippen molar-refractivity contribution in [3.63, 3.8) is 0 Å². The summed E-state index contributed by atoms with van der Waals surface area (Å²) in [4.78, 5) is -10.0. The Labute approximate surface area is 216 Å². The van der Waals surface area contributed by atoms with Crippen LogP contribution in [0.25, 0.3) is 0 Å². The molecule has 0 saturated heterocycles. The van der Waals surface area contributed by atoms with E-state index in [2.05, 4.69) is 18.9 Å². The molecule has 4 nitrogen and oxygen atoms in total. The molecule has 1 aromatic rings. The maximum atomic E-state index is 14.6. The number of methoxy groups -OCH3 is 2. The van der Waals surface area contributed by atoms with Crippen LogP contribution in [0.5, 0.6) is 0 Å². The molecular formula is C20H22Br2F10O4. The third kappa shape index (κ3) is 6.14. The average Bonchev–Trinajstić information content (AvgIpc) is 2.70. The van der Waals surface area contributed by atoms with Gasteiger partial charge in [-0.1, -0.05) is 26.0 Å². The fourth-order valence-corrected chi connectivity index (χ4v) is 4.48. The maximum Gasteiger partial charge on any atom is 0.428 e. The van der Waals surface area contributed by atoms with Crippen molar-refractivity contribution >= 4 is 31.9 Å². The van der Waals surface area contributed by atoms with Crippen molar-refractivity contribution in [1.82, 2.24) is 0 Å². The molecule has 0 spiro atoms. The molecule has 0 saturated carbocycles. The lowest BCUT2D eigenvalue weighted by Crippen LogP contribution is -2.57. The van der Waals surface area contributed by atoms with Crippen molar-refractivity contribution in [3.05, 3.63) is 34.9 Å². The van der Waals surface area contributed by atoms with Gasteiger partial charge in [-0.3, -0.25) is 0 Å². The Bertz CT molecular complexity index is 776. The van der Waals surface area contributed by atoms with Crippen LogP contribution in [-0.4, -0.2) is 49.8 Å². The monoisotopic (exact) mass is 674 g/mol. The summed E-state index contributed by atoms with van der Waals surface area (Å²) in [5.41, 5.74) is -12.9. The van der Waals surface area contributed by atoms with Crippen LogP contribution < -0.4 is 0 Å². The molecule has 210 valence electrons. The molecule has 0 heterocycles. The van der Waals surface area contributed by atoms with Crippen LogP contribution in [0, 0.1) is 0 Å². The summed E-state index contributed by atoms with van der Waals surface area (Å²) >= 11 is 3.23. The van der Waals surface area contributed by atoms with Crippen LogP contribution in [0.2, 0.25) is 0 Å². The van der Waals surface area contributed by atoms with E-state index in [0.29, 0.717) is 12.1 Å². The largest absolute Gasteiger partial charge is 0.428 e. The summed E-state index contributed by atoms with van der Waals surface area (Å²) in [7, 11) is 1.63. The zero-order valence-electron chi connectivity index (χ0n) is 19.1. The van der Waals surface area contributed by atoms with Gasteiger partial charge in [0.1, 0.15) is 13.6 Å². The minimum atomic E-state index is -5.99. The Hall–Kier alpha value is -0.680. The molecule has 36 heavy (non-hydrogen) atoms. The third-order valence-corrected chi connectivity index (χ3v) is 6.45. The van der Waals surface area contributed by atoms with Gasteiger partial charge in [-0.25, -0.2) is 0 Å².